The van der Waals surface area contributed by atoms with Gasteiger partial charge in [-0.05, 0) is 30.7 Å². The Bertz CT molecular complexity index is 465. The summed E-state index contributed by atoms with van der Waals surface area (Å²) >= 11 is 3.35. The van der Waals surface area contributed by atoms with Gasteiger partial charge in [-0.15, -0.1) is 0 Å². The summed E-state index contributed by atoms with van der Waals surface area (Å²) in [6.45, 7) is 1.32. The van der Waals surface area contributed by atoms with Gasteiger partial charge in [0.2, 0.25) is 11.8 Å². The second-order valence-electron chi connectivity index (χ2n) is 4.53. The molecule has 6 nitrogen and oxygen atoms in total. The third-order valence-corrected chi connectivity index (χ3v) is 3.23. The molecule has 1 rings (SSSR count). The zero-order chi connectivity index (χ0) is 16.2. The van der Waals surface area contributed by atoms with E-state index in [1.807, 2.05) is 24.3 Å². The second kappa shape index (κ2) is 11.0. The first-order valence-corrected chi connectivity index (χ1v) is 7.82. The molecule has 0 saturated carbocycles. The molecule has 0 aliphatic carbocycles. The smallest absolute Gasteiger partial charge is 0.239 e. The molecular weight excluding hydrogens is 352 g/mol. The molecule has 0 spiro atoms. The van der Waals surface area contributed by atoms with Gasteiger partial charge < -0.3 is 20.1 Å². The molecule has 2 N–H and O–H groups in total. The van der Waals surface area contributed by atoms with Crippen LogP contribution in [0.4, 0.5) is 0 Å². The fourth-order valence-electron chi connectivity index (χ4n) is 1.58. The maximum Gasteiger partial charge on any atom is 0.239 e. The number of methoxy groups -OCH3 is 1. The molecule has 0 saturated heterocycles. The fourth-order valence-corrected chi connectivity index (χ4v) is 1.84. The molecular formula is C15H21BrN2O4. The Morgan fingerprint density at radius 3 is 2.50 bits per heavy atom. The minimum Gasteiger partial charge on any atom is -0.494 e. The van der Waals surface area contributed by atoms with Gasteiger partial charge in [0, 0.05) is 24.5 Å². The first-order chi connectivity index (χ1) is 10.6. The average Bonchev–Trinajstić information content (AvgIpc) is 2.51. The summed E-state index contributed by atoms with van der Waals surface area (Å²) in [4.78, 5) is 22.9. The van der Waals surface area contributed by atoms with E-state index in [-0.39, 0.29) is 18.4 Å². The van der Waals surface area contributed by atoms with Crippen LogP contribution >= 0.6 is 15.9 Å². The highest BCUT2D eigenvalue weighted by Crippen LogP contribution is 2.16. The predicted molar refractivity (Wildman–Crippen MR) is 86.8 cm³/mol. The lowest BCUT2D eigenvalue weighted by atomic mass is 10.3. The topological polar surface area (TPSA) is 76.7 Å². The molecule has 1 aromatic carbocycles. The number of rotatable bonds is 10. The summed E-state index contributed by atoms with van der Waals surface area (Å²) in [5, 5.41) is 5.19. The lowest BCUT2D eigenvalue weighted by molar-refractivity contribution is -0.126. The van der Waals surface area contributed by atoms with E-state index < -0.39 is 0 Å². The number of carbonyl (C=O) groups excluding carboxylic acids is 2. The molecule has 122 valence electrons. The quantitative estimate of drug-likeness (QED) is 0.610. The van der Waals surface area contributed by atoms with E-state index in [1.165, 1.54) is 0 Å². The summed E-state index contributed by atoms with van der Waals surface area (Å²) in [5.74, 6) is 0.374. The van der Waals surface area contributed by atoms with Crippen molar-refractivity contribution in [1.29, 1.82) is 0 Å². The van der Waals surface area contributed by atoms with Crippen LogP contribution in [0.1, 0.15) is 12.8 Å². The van der Waals surface area contributed by atoms with Gasteiger partial charge in [0.05, 0.1) is 19.8 Å². The molecule has 1 aromatic rings. The van der Waals surface area contributed by atoms with Crippen molar-refractivity contribution >= 4 is 27.7 Å². The zero-order valence-electron chi connectivity index (χ0n) is 12.6. The lowest BCUT2D eigenvalue weighted by Gasteiger charge is -2.08. The highest BCUT2D eigenvalue weighted by Gasteiger charge is 2.05. The summed E-state index contributed by atoms with van der Waals surface area (Å²) in [7, 11) is 1.56. The minimum atomic E-state index is -0.225. The second-order valence-corrected chi connectivity index (χ2v) is 5.44. The SMILES string of the molecule is COCCNC(=O)CNC(=O)CCCOc1ccc(Br)cc1. The molecule has 0 aromatic heterocycles. The Morgan fingerprint density at radius 1 is 1.09 bits per heavy atom. The summed E-state index contributed by atoms with van der Waals surface area (Å²) in [6, 6.07) is 7.50. The van der Waals surface area contributed by atoms with Gasteiger partial charge in [-0.25, -0.2) is 0 Å². The van der Waals surface area contributed by atoms with Crippen molar-refractivity contribution in [2.45, 2.75) is 12.8 Å². The fraction of sp³-hybridized carbons (Fsp3) is 0.467. The van der Waals surface area contributed by atoms with Crippen LogP contribution in [0, 0.1) is 0 Å². The van der Waals surface area contributed by atoms with Crippen molar-refractivity contribution in [3.05, 3.63) is 28.7 Å². The number of hydrogen-bond donors (Lipinski definition) is 2. The molecule has 0 radical (unpaired) electrons. The van der Waals surface area contributed by atoms with Crippen LogP contribution < -0.4 is 15.4 Å². The van der Waals surface area contributed by atoms with E-state index in [2.05, 4.69) is 26.6 Å². The Balaban J connectivity index is 2.05. The zero-order valence-corrected chi connectivity index (χ0v) is 14.1. The van der Waals surface area contributed by atoms with Crippen LogP contribution in [0.25, 0.3) is 0 Å². The molecule has 0 unspecified atom stereocenters. The van der Waals surface area contributed by atoms with Crippen LogP contribution in [0.3, 0.4) is 0 Å². The van der Waals surface area contributed by atoms with Gasteiger partial charge in [0.15, 0.2) is 0 Å². The highest BCUT2D eigenvalue weighted by molar-refractivity contribution is 9.10. The number of halogens is 1. The Hall–Kier alpha value is -1.60. The van der Waals surface area contributed by atoms with E-state index in [9.17, 15) is 9.59 Å². The largest absolute Gasteiger partial charge is 0.494 e. The molecule has 0 aliphatic heterocycles. The Morgan fingerprint density at radius 2 is 1.82 bits per heavy atom. The van der Waals surface area contributed by atoms with Gasteiger partial charge in [-0.3, -0.25) is 9.59 Å². The molecule has 2 amide bonds. The molecule has 0 atom stereocenters. The first kappa shape index (κ1) is 18.4. The summed E-state index contributed by atoms with van der Waals surface area (Å²) < 4.78 is 11.3. The van der Waals surface area contributed by atoms with E-state index in [4.69, 9.17) is 9.47 Å². The third kappa shape index (κ3) is 8.63. The molecule has 0 fully saturated rings. The van der Waals surface area contributed by atoms with Crippen molar-refractivity contribution in [3.8, 4) is 5.75 Å². The van der Waals surface area contributed by atoms with Gasteiger partial charge in [-0.1, -0.05) is 15.9 Å². The lowest BCUT2D eigenvalue weighted by Crippen LogP contribution is -2.38. The Kier molecular flexibility index (Phi) is 9.25. The molecule has 22 heavy (non-hydrogen) atoms. The predicted octanol–water partition coefficient (Wildman–Crippen LogP) is 1.49. The van der Waals surface area contributed by atoms with Gasteiger partial charge in [0.25, 0.3) is 0 Å². The number of hydrogen-bond acceptors (Lipinski definition) is 4. The highest BCUT2D eigenvalue weighted by atomic mass is 79.9. The number of amides is 2. The number of nitrogens with one attached hydrogen (secondary N) is 2. The van der Waals surface area contributed by atoms with Crippen LogP contribution in [-0.4, -0.2) is 45.2 Å². The van der Waals surface area contributed by atoms with Crippen molar-refractivity contribution in [2.75, 3.05) is 33.4 Å². The normalized spacial score (nSPS) is 10.1. The van der Waals surface area contributed by atoms with Gasteiger partial charge >= 0.3 is 0 Å². The van der Waals surface area contributed by atoms with Crippen molar-refractivity contribution < 1.29 is 19.1 Å². The van der Waals surface area contributed by atoms with Crippen LogP contribution in [0.15, 0.2) is 28.7 Å². The first-order valence-electron chi connectivity index (χ1n) is 7.02. The van der Waals surface area contributed by atoms with E-state index in [1.54, 1.807) is 7.11 Å². The van der Waals surface area contributed by atoms with Crippen molar-refractivity contribution in [3.63, 3.8) is 0 Å². The number of benzene rings is 1. The van der Waals surface area contributed by atoms with E-state index in [0.29, 0.717) is 32.6 Å². The van der Waals surface area contributed by atoms with Gasteiger partial charge in [0.1, 0.15) is 5.75 Å². The molecule has 7 heteroatoms. The molecule has 0 heterocycles. The van der Waals surface area contributed by atoms with Gasteiger partial charge in [-0.2, -0.15) is 0 Å². The van der Waals surface area contributed by atoms with E-state index >= 15 is 0 Å². The Labute approximate surface area is 138 Å². The summed E-state index contributed by atoms with van der Waals surface area (Å²) in [5.41, 5.74) is 0. The monoisotopic (exact) mass is 372 g/mol. The minimum absolute atomic E-state index is 0.0177. The summed E-state index contributed by atoms with van der Waals surface area (Å²) in [6.07, 6.45) is 0.912. The number of ether oxygens (including phenoxy) is 2. The van der Waals surface area contributed by atoms with Crippen LogP contribution in [-0.2, 0) is 14.3 Å². The molecule has 0 bridgehead atoms. The standard InChI is InChI=1S/C15H21BrN2O4/c1-21-10-8-17-15(20)11-18-14(19)3-2-9-22-13-6-4-12(16)5-7-13/h4-7H,2-3,8-11H2,1H3,(H,17,20)(H,18,19). The maximum atomic E-state index is 11.6. The van der Waals surface area contributed by atoms with Crippen molar-refractivity contribution in [2.24, 2.45) is 0 Å². The van der Waals surface area contributed by atoms with Crippen LogP contribution in [0.2, 0.25) is 0 Å². The van der Waals surface area contributed by atoms with E-state index in [0.717, 1.165) is 10.2 Å². The third-order valence-electron chi connectivity index (χ3n) is 2.71. The van der Waals surface area contributed by atoms with Crippen LogP contribution in [0.5, 0.6) is 5.75 Å². The molecule has 0 aliphatic rings. The number of carbonyl (C=O) groups is 2. The average molecular weight is 373 g/mol. The van der Waals surface area contributed by atoms with Crippen molar-refractivity contribution in [1.82, 2.24) is 10.6 Å². The maximum absolute atomic E-state index is 11.6.